The number of nitrogens with one attached hydrogen (secondary N) is 1. The lowest BCUT2D eigenvalue weighted by molar-refractivity contribution is 0.0854. The van der Waals surface area contributed by atoms with Crippen LogP contribution in [0.5, 0.6) is 0 Å². The van der Waals surface area contributed by atoms with E-state index in [9.17, 15) is 9.18 Å². The summed E-state index contributed by atoms with van der Waals surface area (Å²) in [6, 6.07) is 5.59. The van der Waals surface area contributed by atoms with E-state index in [4.69, 9.17) is 10.5 Å². The molecule has 1 aliphatic heterocycles. The third-order valence-corrected chi connectivity index (χ3v) is 3.51. The Morgan fingerprint density at radius 1 is 1.45 bits per heavy atom. The minimum Gasteiger partial charge on any atom is -0.382 e. The van der Waals surface area contributed by atoms with Crippen LogP contribution in [0.4, 0.5) is 10.2 Å². The van der Waals surface area contributed by atoms with Crippen molar-refractivity contribution in [3.63, 3.8) is 0 Å². The van der Waals surface area contributed by atoms with E-state index in [2.05, 4.69) is 15.6 Å². The molecule has 1 aliphatic rings. The van der Waals surface area contributed by atoms with Crippen molar-refractivity contribution < 1.29 is 13.9 Å². The van der Waals surface area contributed by atoms with Gasteiger partial charge < -0.3 is 15.8 Å². The second-order valence-electron chi connectivity index (χ2n) is 5.06. The van der Waals surface area contributed by atoms with Crippen LogP contribution in [0.3, 0.4) is 0 Å². The largest absolute Gasteiger partial charge is 0.382 e. The van der Waals surface area contributed by atoms with E-state index < -0.39 is 5.91 Å². The van der Waals surface area contributed by atoms with Gasteiger partial charge in [-0.1, -0.05) is 5.21 Å². The van der Waals surface area contributed by atoms with Crippen molar-refractivity contribution in [1.82, 2.24) is 20.3 Å². The molecule has 0 bridgehead atoms. The maximum atomic E-state index is 12.9. The molecule has 3 N–H and O–H groups in total. The van der Waals surface area contributed by atoms with E-state index in [0.717, 1.165) is 19.4 Å². The molecule has 1 atom stereocenters. The maximum absolute atomic E-state index is 12.9. The molecule has 0 spiro atoms. The van der Waals surface area contributed by atoms with Crippen LogP contribution in [0.15, 0.2) is 24.3 Å². The molecule has 3 rings (SSSR count). The highest BCUT2D eigenvalue weighted by Crippen LogP contribution is 2.16. The Kier molecular flexibility index (Phi) is 4.01. The highest BCUT2D eigenvalue weighted by molar-refractivity contribution is 5.96. The molecule has 116 valence electrons. The van der Waals surface area contributed by atoms with Gasteiger partial charge in [-0.25, -0.2) is 4.39 Å². The smallest absolute Gasteiger partial charge is 0.275 e. The Hall–Kier alpha value is -2.48. The van der Waals surface area contributed by atoms with Crippen molar-refractivity contribution in [3.8, 4) is 5.69 Å². The van der Waals surface area contributed by atoms with Gasteiger partial charge in [-0.2, -0.15) is 4.68 Å². The topological polar surface area (TPSA) is 95.1 Å². The summed E-state index contributed by atoms with van der Waals surface area (Å²) in [5.41, 5.74) is 6.49. The Balaban J connectivity index is 1.72. The predicted molar refractivity (Wildman–Crippen MR) is 77.0 cm³/mol. The van der Waals surface area contributed by atoms with E-state index in [1.54, 1.807) is 0 Å². The van der Waals surface area contributed by atoms with E-state index in [-0.39, 0.29) is 23.4 Å². The molecule has 1 aromatic heterocycles. The number of amides is 1. The third-order valence-electron chi connectivity index (χ3n) is 3.51. The summed E-state index contributed by atoms with van der Waals surface area (Å²) in [4.78, 5) is 12.1. The zero-order chi connectivity index (χ0) is 15.5. The molecule has 0 saturated carbocycles. The van der Waals surface area contributed by atoms with Gasteiger partial charge in [0.25, 0.3) is 5.91 Å². The first-order valence-electron chi connectivity index (χ1n) is 7.02. The third kappa shape index (κ3) is 2.91. The number of nitrogens with zero attached hydrogens (tertiary/aromatic N) is 3. The van der Waals surface area contributed by atoms with Crippen LogP contribution in [0.1, 0.15) is 23.3 Å². The molecule has 1 fully saturated rings. The lowest BCUT2D eigenvalue weighted by Crippen LogP contribution is -2.32. The number of carbonyl (C=O) groups is 1. The number of carbonyl (C=O) groups excluding carboxylic acids is 1. The molecule has 7 nitrogen and oxygen atoms in total. The highest BCUT2D eigenvalue weighted by Gasteiger charge is 2.21. The molecular formula is C14H16FN5O2. The summed E-state index contributed by atoms with van der Waals surface area (Å²) >= 11 is 0. The van der Waals surface area contributed by atoms with Gasteiger partial charge >= 0.3 is 0 Å². The molecule has 1 aromatic carbocycles. The van der Waals surface area contributed by atoms with Gasteiger partial charge in [-0.3, -0.25) is 4.79 Å². The van der Waals surface area contributed by atoms with Crippen LogP contribution in [0, 0.1) is 5.82 Å². The zero-order valence-electron chi connectivity index (χ0n) is 11.8. The van der Waals surface area contributed by atoms with Crippen LogP contribution in [-0.4, -0.2) is 40.2 Å². The fraction of sp³-hybridized carbons (Fsp3) is 0.357. The Morgan fingerprint density at radius 2 is 2.23 bits per heavy atom. The minimum absolute atomic E-state index is 0.0392. The van der Waals surface area contributed by atoms with Gasteiger partial charge in [0.2, 0.25) is 0 Å². The Bertz CT molecular complexity index is 664. The first kappa shape index (κ1) is 14.5. The van der Waals surface area contributed by atoms with Crippen molar-refractivity contribution in [2.75, 3.05) is 18.9 Å². The number of nitrogen functional groups attached to an aromatic ring is 1. The quantitative estimate of drug-likeness (QED) is 0.875. The summed E-state index contributed by atoms with van der Waals surface area (Å²) in [5, 5.41) is 10.4. The number of ether oxygens (including phenoxy) is 1. The highest BCUT2D eigenvalue weighted by atomic mass is 19.1. The molecule has 1 amide bonds. The molecule has 0 unspecified atom stereocenters. The number of hydrogen-bond donors (Lipinski definition) is 2. The first-order chi connectivity index (χ1) is 10.6. The van der Waals surface area contributed by atoms with Crippen LogP contribution < -0.4 is 11.1 Å². The molecular weight excluding hydrogens is 289 g/mol. The van der Waals surface area contributed by atoms with Gasteiger partial charge in [0.15, 0.2) is 11.5 Å². The van der Waals surface area contributed by atoms with Crippen LogP contribution in [-0.2, 0) is 4.74 Å². The number of rotatable bonds is 4. The number of anilines is 1. The molecule has 22 heavy (non-hydrogen) atoms. The van der Waals surface area contributed by atoms with Crippen molar-refractivity contribution in [1.29, 1.82) is 0 Å². The number of hydrogen-bond acceptors (Lipinski definition) is 5. The number of halogens is 1. The summed E-state index contributed by atoms with van der Waals surface area (Å²) in [7, 11) is 0. The summed E-state index contributed by atoms with van der Waals surface area (Å²) in [5.74, 6) is -0.658. The first-order valence-corrected chi connectivity index (χ1v) is 7.02. The standard InChI is InChI=1S/C14H16FN5O2/c15-9-3-5-10(6-4-9)20-13(16)12(18-19-20)14(21)17-8-11-2-1-7-22-11/h3-6,11H,1-2,7-8,16H2,(H,17,21)/t11-/m0/s1. The normalized spacial score (nSPS) is 17.6. The van der Waals surface area contributed by atoms with Crippen molar-refractivity contribution in [2.45, 2.75) is 18.9 Å². The van der Waals surface area contributed by atoms with Gasteiger partial charge in [-0.15, -0.1) is 5.10 Å². The molecule has 2 aromatic rings. The molecule has 2 heterocycles. The minimum atomic E-state index is -0.402. The number of nitrogens with two attached hydrogens (primary N) is 1. The van der Waals surface area contributed by atoms with E-state index in [1.807, 2.05) is 0 Å². The van der Waals surface area contributed by atoms with Gasteiger partial charge in [0.1, 0.15) is 5.82 Å². The second-order valence-corrected chi connectivity index (χ2v) is 5.06. The maximum Gasteiger partial charge on any atom is 0.275 e. The average Bonchev–Trinajstić information content (AvgIpc) is 3.15. The molecule has 0 radical (unpaired) electrons. The number of aromatic nitrogens is 3. The Morgan fingerprint density at radius 3 is 2.91 bits per heavy atom. The molecule has 8 heteroatoms. The van der Waals surface area contributed by atoms with E-state index >= 15 is 0 Å². The Labute approximate surface area is 126 Å². The lowest BCUT2D eigenvalue weighted by Gasteiger charge is -2.09. The van der Waals surface area contributed by atoms with Crippen molar-refractivity contribution in [3.05, 3.63) is 35.8 Å². The second kappa shape index (κ2) is 6.10. The average molecular weight is 305 g/mol. The fourth-order valence-electron chi connectivity index (χ4n) is 2.32. The monoisotopic (exact) mass is 305 g/mol. The number of benzene rings is 1. The van der Waals surface area contributed by atoms with Gasteiger partial charge in [0.05, 0.1) is 11.8 Å². The van der Waals surface area contributed by atoms with Gasteiger partial charge in [0, 0.05) is 13.2 Å². The van der Waals surface area contributed by atoms with E-state index in [0.29, 0.717) is 12.2 Å². The van der Waals surface area contributed by atoms with E-state index in [1.165, 1.54) is 28.9 Å². The fourth-order valence-corrected chi connectivity index (χ4v) is 2.32. The van der Waals surface area contributed by atoms with Crippen molar-refractivity contribution in [2.24, 2.45) is 0 Å². The summed E-state index contributed by atoms with van der Waals surface area (Å²) in [6.07, 6.45) is 1.97. The van der Waals surface area contributed by atoms with Crippen LogP contribution >= 0.6 is 0 Å². The summed E-state index contributed by atoms with van der Waals surface area (Å²) < 4.78 is 19.7. The molecule has 1 saturated heterocycles. The van der Waals surface area contributed by atoms with Crippen molar-refractivity contribution >= 4 is 11.7 Å². The SMILES string of the molecule is Nc1c(C(=O)NC[C@@H]2CCCO2)nnn1-c1ccc(F)cc1. The predicted octanol–water partition coefficient (Wildman–Crippen LogP) is 0.897. The lowest BCUT2D eigenvalue weighted by atomic mass is 10.2. The van der Waals surface area contributed by atoms with Gasteiger partial charge in [-0.05, 0) is 37.1 Å². The summed E-state index contributed by atoms with van der Waals surface area (Å²) in [6.45, 7) is 1.14. The zero-order valence-corrected chi connectivity index (χ0v) is 11.8. The van der Waals surface area contributed by atoms with Crippen LogP contribution in [0.2, 0.25) is 0 Å². The molecule has 0 aliphatic carbocycles. The van der Waals surface area contributed by atoms with Crippen LogP contribution in [0.25, 0.3) is 5.69 Å².